The van der Waals surface area contributed by atoms with Crippen molar-refractivity contribution in [3.05, 3.63) is 47.9 Å². The summed E-state index contributed by atoms with van der Waals surface area (Å²) in [5.41, 5.74) is 0.873. The molecule has 0 fully saturated rings. The van der Waals surface area contributed by atoms with Gasteiger partial charge in [0, 0.05) is 11.9 Å². The Bertz CT molecular complexity index is 619. The average molecular weight is 259 g/mol. The fraction of sp³-hybridized carbons (Fsp3) is 0.154. The summed E-state index contributed by atoms with van der Waals surface area (Å²) in [5, 5.41) is 11.6. The van der Waals surface area contributed by atoms with E-state index in [1.807, 2.05) is 13.0 Å². The van der Waals surface area contributed by atoms with E-state index in [0.29, 0.717) is 5.82 Å². The normalized spacial score (nSPS) is 10.2. The van der Waals surface area contributed by atoms with Gasteiger partial charge in [0.2, 0.25) is 5.91 Å². The molecule has 0 aromatic carbocycles. The minimum absolute atomic E-state index is 0.0652. The molecular formula is C13H13N3O3. The van der Waals surface area contributed by atoms with Crippen LogP contribution in [0.5, 0.6) is 0 Å². The van der Waals surface area contributed by atoms with Crippen molar-refractivity contribution < 1.29 is 14.7 Å². The molecule has 6 nitrogen and oxygen atoms in total. The molecule has 1 amide bonds. The van der Waals surface area contributed by atoms with Crippen LogP contribution in [-0.2, 0) is 11.3 Å². The Kier molecular flexibility index (Phi) is 3.61. The van der Waals surface area contributed by atoms with Gasteiger partial charge in [0.05, 0.1) is 0 Å². The fourth-order valence-corrected chi connectivity index (χ4v) is 1.70. The monoisotopic (exact) mass is 259 g/mol. The zero-order valence-corrected chi connectivity index (χ0v) is 10.3. The first kappa shape index (κ1) is 12.8. The van der Waals surface area contributed by atoms with Gasteiger partial charge in [-0.2, -0.15) is 0 Å². The summed E-state index contributed by atoms with van der Waals surface area (Å²) < 4.78 is 1.37. The van der Waals surface area contributed by atoms with Crippen molar-refractivity contribution in [3.63, 3.8) is 0 Å². The second-order valence-corrected chi connectivity index (χ2v) is 4.04. The molecule has 0 aliphatic heterocycles. The molecule has 2 aromatic heterocycles. The summed E-state index contributed by atoms with van der Waals surface area (Å²) in [6, 6.07) is 8.32. The maximum Gasteiger partial charge on any atom is 0.352 e. The Balaban J connectivity index is 2.05. The van der Waals surface area contributed by atoms with Crippen molar-refractivity contribution in [2.45, 2.75) is 13.5 Å². The molecule has 0 aliphatic rings. The highest BCUT2D eigenvalue weighted by Gasteiger charge is 2.11. The Morgan fingerprint density at radius 3 is 2.79 bits per heavy atom. The second kappa shape index (κ2) is 5.34. The lowest BCUT2D eigenvalue weighted by Crippen LogP contribution is -2.21. The van der Waals surface area contributed by atoms with Gasteiger partial charge in [0.1, 0.15) is 18.1 Å². The largest absolute Gasteiger partial charge is 0.477 e. The number of pyridine rings is 1. The van der Waals surface area contributed by atoms with E-state index in [4.69, 9.17) is 5.11 Å². The van der Waals surface area contributed by atoms with Crippen LogP contribution in [0.15, 0.2) is 36.5 Å². The molecule has 0 aliphatic carbocycles. The molecular weight excluding hydrogens is 246 g/mol. The molecule has 2 N–H and O–H groups in total. The van der Waals surface area contributed by atoms with E-state index in [1.54, 1.807) is 24.4 Å². The summed E-state index contributed by atoms with van der Waals surface area (Å²) in [6.07, 6.45) is 1.55. The maximum absolute atomic E-state index is 11.8. The first-order valence-corrected chi connectivity index (χ1v) is 5.68. The van der Waals surface area contributed by atoms with Crippen LogP contribution < -0.4 is 5.32 Å². The molecule has 98 valence electrons. The number of carboxylic acid groups (broad SMARTS) is 1. The molecule has 2 rings (SSSR count). The maximum atomic E-state index is 11.8. The molecule has 0 radical (unpaired) electrons. The number of hydrogen-bond acceptors (Lipinski definition) is 3. The van der Waals surface area contributed by atoms with Gasteiger partial charge < -0.3 is 15.0 Å². The summed E-state index contributed by atoms with van der Waals surface area (Å²) in [4.78, 5) is 26.8. The molecule has 0 spiro atoms. The van der Waals surface area contributed by atoms with Gasteiger partial charge in [-0.3, -0.25) is 4.79 Å². The summed E-state index contributed by atoms with van der Waals surface area (Å²) in [5.74, 6) is -0.933. The predicted molar refractivity (Wildman–Crippen MR) is 69.0 cm³/mol. The van der Waals surface area contributed by atoms with Crippen molar-refractivity contribution in [2.24, 2.45) is 0 Å². The van der Waals surface area contributed by atoms with E-state index in [2.05, 4.69) is 10.3 Å². The quantitative estimate of drug-likeness (QED) is 0.872. The highest BCUT2D eigenvalue weighted by atomic mass is 16.4. The number of rotatable bonds is 4. The second-order valence-electron chi connectivity index (χ2n) is 4.04. The number of carbonyl (C=O) groups excluding carboxylic acids is 1. The SMILES string of the molecule is Cc1cccc(NC(=O)Cn2cccc2C(=O)O)n1. The number of nitrogens with zero attached hydrogens (tertiary/aromatic N) is 2. The number of carbonyl (C=O) groups is 2. The van der Waals surface area contributed by atoms with Gasteiger partial charge in [-0.1, -0.05) is 6.07 Å². The van der Waals surface area contributed by atoms with Crippen molar-refractivity contribution in [1.29, 1.82) is 0 Å². The molecule has 0 unspecified atom stereocenters. The molecule has 19 heavy (non-hydrogen) atoms. The number of anilines is 1. The van der Waals surface area contributed by atoms with Gasteiger partial charge in [-0.25, -0.2) is 9.78 Å². The first-order valence-electron chi connectivity index (χ1n) is 5.68. The highest BCUT2D eigenvalue weighted by Crippen LogP contribution is 2.06. The number of carboxylic acids is 1. The topological polar surface area (TPSA) is 84.2 Å². The van der Waals surface area contributed by atoms with Crippen LogP contribution in [0.3, 0.4) is 0 Å². The van der Waals surface area contributed by atoms with Crippen LogP contribution in [0, 0.1) is 6.92 Å². The smallest absolute Gasteiger partial charge is 0.352 e. The third-order valence-electron chi connectivity index (χ3n) is 2.52. The van der Waals surface area contributed by atoms with E-state index in [1.165, 1.54) is 10.6 Å². The van der Waals surface area contributed by atoms with Crippen LogP contribution in [0.2, 0.25) is 0 Å². The molecule has 6 heteroatoms. The number of aromatic nitrogens is 2. The van der Waals surface area contributed by atoms with E-state index >= 15 is 0 Å². The van der Waals surface area contributed by atoms with E-state index in [-0.39, 0.29) is 18.1 Å². The molecule has 2 aromatic rings. The van der Waals surface area contributed by atoms with Crippen molar-refractivity contribution >= 4 is 17.7 Å². The van der Waals surface area contributed by atoms with Crippen molar-refractivity contribution in [1.82, 2.24) is 9.55 Å². The summed E-state index contributed by atoms with van der Waals surface area (Å²) in [7, 11) is 0. The molecule has 0 bridgehead atoms. The first-order chi connectivity index (χ1) is 9.06. The Labute approximate surface area is 109 Å². The van der Waals surface area contributed by atoms with Crippen LogP contribution in [0.25, 0.3) is 0 Å². The number of hydrogen-bond donors (Lipinski definition) is 2. The Morgan fingerprint density at radius 2 is 2.11 bits per heavy atom. The van der Waals surface area contributed by atoms with E-state index in [9.17, 15) is 9.59 Å². The Morgan fingerprint density at radius 1 is 1.32 bits per heavy atom. The van der Waals surface area contributed by atoms with Gasteiger partial charge in [-0.15, -0.1) is 0 Å². The average Bonchev–Trinajstić information content (AvgIpc) is 2.76. The molecule has 2 heterocycles. The fourth-order valence-electron chi connectivity index (χ4n) is 1.70. The van der Waals surface area contributed by atoms with E-state index < -0.39 is 5.97 Å². The van der Waals surface area contributed by atoms with Crippen LogP contribution >= 0.6 is 0 Å². The molecule has 0 atom stereocenters. The third kappa shape index (κ3) is 3.19. The van der Waals surface area contributed by atoms with Gasteiger partial charge in [-0.05, 0) is 31.2 Å². The number of amides is 1. The zero-order valence-electron chi connectivity index (χ0n) is 10.3. The van der Waals surface area contributed by atoms with Crippen molar-refractivity contribution in [3.8, 4) is 0 Å². The lowest BCUT2D eigenvalue weighted by atomic mass is 10.3. The minimum Gasteiger partial charge on any atom is -0.477 e. The van der Waals surface area contributed by atoms with Gasteiger partial charge in [0.25, 0.3) is 0 Å². The lowest BCUT2D eigenvalue weighted by Gasteiger charge is -2.07. The number of aryl methyl sites for hydroxylation is 1. The van der Waals surface area contributed by atoms with Gasteiger partial charge in [0.15, 0.2) is 0 Å². The van der Waals surface area contributed by atoms with Crippen LogP contribution in [0.4, 0.5) is 5.82 Å². The van der Waals surface area contributed by atoms with E-state index in [0.717, 1.165) is 5.69 Å². The molecule has 0 saturated heterocycles. The number of aromatic carboxylic acids is 1. The number of nitrogens with one attached hydrogen (secondary N) is 1. The standard InChI is InChI=1S/C13H13N3O3/c1-9-4-2-6-11(14-9)15-12(17)8-16-7-3-5-10(16)13(18)19/h2-7H,8H2,1H3,(H,18,19)(H,14,15,17). The summed E-state index contributed by atoms with van der Waals surface area (Å²) >= 11 is 0. The molecule has 0 saturated carbocycles. The van der Waals surface area contributed by atoms with Crippen LogP contribution in [0.1, 0.15) is 16.2 Å². The third-order valence-corrected chi connectivity index (χ3v) is 2.52. The van der Waals surface area contributed by atoms with Crippen LogP contribution in [-0.4, -0.2) is 26.5 Å². The zero-order chi connectivity index (χ0) is 13.8. The lowest BCUT2D eigenvalue weighted by molar-refractivity contribution is -0.116. The van der Waals surface area contributed by atoms with Crippen molar-refractivity contribution in [2.75, 3.05) is 5.32 Å². The van der Waals surface area contributed by atoms with Gasteiger partial charge >= 0.3 is 5.97 Å². The highest BCUT2D eigenvalue weighted by molar-refractivity contribution is 5.91. The minimum atomic E-state index is -1.06. The summed E-state index contributed by atoms with van der Waals surface area (Å²) in [6.45, 7) is 1.76. The predicted octanol–water partition coefficient (Wildman–Crippen LogP) is 1.53. The Hall–Kier alpha value is -2.63.